The number of carbonyl (C=O) groups is 1. The van der Waals surface area contributed by atoms with Gasteiger partial charge >= 0.3 is 0 Å². The molecule has 1 aliphatic rings. The SMILES string of the molecule is CCC(C)(Br)C1N(Cc2ccccc2)C(=O)C1(C)C. The summed E-state index contributed by atoms with van der Waals surface area (Å²) in [5.74, 6) is 0.250. The van der Waals surface area contributed by atoms with Gasteiger partial charge in [-0.2, -0.15) is 0 Å². The molecule has 0 saturated carbocycles. The number of alkyl halides is 1. The first kappa shape index (κ1) is 14.6. The fourth-order valence-corrected chi connectivity index (χ4v) is 3.96. The van der Waals surface area contributed by atoms with Gasteiger partial charge in [-0.3, -0.25) is 4.79 Å². The van der Waals surface area contributed by atoms with Crippen LogP contribution in [0.3, 0.4) is 0 Å². The molecule has 2 atom stereocenters. The van der Waals surface area contributed by atoms with Gasteiger partial charge in [0.1, 0.15) is 0 Å². The van der Waals surface area contributed by atoms with Crippen LogP contribution < -0.4 is 0 Å². The number of β-lactam (4-membered cyclic amide) rings is 1. The quantitative estimate of drug-likeness (QED) is 0.606. The van der Waals surface area contributed by atoms with Gasteiger partial charge < -0.3 is 4.90 Å². The maximum atomic E-state index is 12.4. The molecule has 1 saturated heterocycles. The van der Waals surface area contributed by atoms with Crippen molar-refractivity contribution in [1.82, 2.24) is 4.90 Å². The molecular weight excluding hydrogens is 302 g/mol. The molecule has 3 heteroatoms. The summed E-state index contributed by atoms with van der Waals surface area (Å²) in [7, 11) is 0. The molecule has 0 spiro atoms. The van der Waals surface area contributed by atoms with E-state index in [1.165, 1.54) is 5.56 Å². The average Bonchev–Trinajstić information content (AvgIpc) is 2.38. The van der Waals surface area contributed by atoms with Gasteiger partial charge in [-0.15, -0.1) is 0 Å². The van der Waals surface area contributed by atoms with Crippen molar-refractivity contribution in [2.75, 3.05) is 0 Å². The first-order valence-electron chi connectivity index (χ1n) is 6.84. The molecular formula is C16H22BrNO. The lowest BCUT2D eigenvalue weighted by atomic mass is 9.67. The Morgan fingerprint density at radius 3 is 2.42 bits per heavy atom. The van der Waals surface area contributed by atoms with E-state index in [0.717, 1.165) is 6.42 Å². The zero-order valence-electron chi connectivity index (χ0n) is 12.1. The fourth-order valence-electron chi connectivity index (χ4n) is 3.14. The lowest BCUT2D eigenvalue weighted by molar-refractivity contribution is -0.172. The molecule has 0 aliphatic carbocycles. The Morgan fingerprint density at radius 2 is 1.89 bits per heavy atom. The predicted molar refractivity (Wildman–Crippen MR) is 82.2 cm³/mol. The van der Waals surface area contributed by atoms with Crippen LogP contribution >= 0.6 is 15.9 Å². The van der Waals surface area contributed by atoms with Gasteiger partial charge in [0, 0.05) is 10.9 Å². The van der Waals surface area contributed by atoms with Gasteiger partial charge in [0.05, 0.1) is 11.5 Å². The topological polar surface area (TPSA) is 20.3 Å². The molecule has 1 fully saturated rings. The van der Waals surface area contributed by atoms with E-state index < -0.39 is 0 Å². The van der Waals surface area contributed by atoms with Crippen LogP contribution in [0.15, 0.2) is 30.3 Å². The second-order valence-electron chi connectivity index (χ2n) is 6.17. The summed E-state index contributed by atoms with van der Waals surface area (Å²) in [6, 6.07) is 10.4. The van der Waals surface area contributed by atoms with Crippen molar-refractivity contribution in [3.05, 3.63) is 35.9 Å². The van der Waals surface area contributed by atoms with Crippen molar-refractivity contribution in [2.45, 2.75) is 51.0 Å². The van der Waals surface area contributed by atoms with E-state index in [4.69, 9.17) is 0 Å². The Kier molecular flexibility index (Phi) is 3.78. The van der Waals surface area contributed by atoms with E-state index in [1.54, 1.807) is 0 Å². The summed E-state index contributed by atoms with van der Waals surface area (Å²) < 4.78 is -0.0286. The van der Waals surface area contributed by atoms with Gasteiger partial charge in [-0.25, -0.2) is 0 Å². The van der Waals surface area contributed by atoms with Crippen LogP contribution in [0.5, 0.6) is 0 Å². The largest absolute Gasteiger partial charge is 0.332 e. The van der Waals surface area contributed by atoms with E-state index >= 15 is 0 Å². The normalized spacial score (nSPS) is 24.8. The van der Waals surface area contributed by atoms with Crippen LogP contribution in [-0.4, -0.2) is 21.2 Å². The van der Waals surface area contributed by atoms with Gasteiger partial charge in [-0.1, -0.05) is 53.2 Å². The van der Waals surface area contributed by atoms with Crippen LogP contribution in [0, 0.1) is 5.41 Å². The minimum absolute atomic E-state index is 0.0286. The molecule has 2 nitrogen and oxygen atoms in total. The van der Waals surface area contributed by atoms with E-state index in [2.05, 4.69) is 55.8 Å². The van der Waals surface area contributed by atoms with Gasteiger partial charge in [-0.05, 0) is 32.8 Å². The maximum Gasteiger partial charge on any atom is 0.230 e. The second kappa shape index (κ2) is 4.93. The molecule has 2 rings (SSSR count). The molecule has 1 aromatic rings. The first-order chi connectivity index (χ1) is 8.80. The summed E-state index contributed by atoms with van der Waals surface area (Å²) in [5.41, 5.74) is 0.916. The summed E-state index contributed by atoms with van der Waals surface area (Å²) in [6.07, 6.45) is 1.000. The van der Waals surface area contributed by atoms with Crippen molar-refractivity contribution in [1.29, 1.82) is 0 Å². The van der Waals surface area contributed by atoms with E-state index in [9.17, 15) is 4.79 Å². The lowest BCUT2D eigenvalue weighted by Crippen LogP contribution is -2.71. The minimum Gasteiger partial charge on any atom is -0.332 e. The van der Waals surface area contributed by atoms with Crippen molar-refractivity contribution in [3.63, 3.8) is 0 Å². The van der Waals surface area contributed by atoms with Crippen LogP contribution in [0.1, 0.15) is 39.7 Å². The highest BCUT2D eigenvalue weighted by atomic mass is 79.9. The number of rotatable bonds is 4. The molecule has 104 valence electrons. The number of carbonyl (C=O) groups excluding carboxylic acids is 1. The Morgan fingerprint density at radius 1 is 1.32 bits per heavy atom. The third-order valence-electron chi connectivity index (χ3n) is 4.26. The molecule has 19 heavy (non-hydrogen) atoms. The number of benzene rings is 1. The van der Waals surface area contributed by atoms with Crippen molar-refractivity contribution in [2.24, 2.45) is 5.41 Å². The molecule has 0 bridgehead atoms. The van der Waals surface area contributed by atoms with E-state index in [0.29, 0.717) is 6.54 Å². The van der Waals surface area contributed by atoms with Crippen LogP contribution in [-0.2, 0) is 11.3 Å². The zero-order chi connectivity index (χ0) is 14.3. The number of amides is 1. The monoisotopic (exact) mass is 323 g/mol. The number of likely N-dealkylation sites (tertiary alicyclic amines) is 1. The summed E-state index contributed by atoms with van der Waals surface area (Å²) in [5, 5.41) is 0. The third kappa shape index (κ3) is 2.45. The molecule has 1 aromatic carbocycles. The average molecular weight is 324 g/mol. The molecule has 0 radical (unpaired) electrons. The smallest absolute Gasteiger partial charge is 0.230 e. The number of nitrogens with zero attached hydrogens (tertiary/aromatic N) is 1. The fraction of sp³-hybridized carbons (Fsp3) is 0.562. The van der Waals surface area contributed by atoms with Gasteiger partial charge in [0.25, 0.3) is 0 Å². The Bertz CT molecular complexity index is 467. The highest BCUT2D eigenvalue weighted by Gasteiger charge is 2.59. The molecule has 1 amide bonds. The Labute approximate surface area is 124 Å². The summed E-state index contributed by atoms with van der Waals surface area (Å²) in [4.78, 5) is 14.4. The number of hydrogen-bond acceptors (Lipinski definition) is 1. The number of halogens is 1. The van der Waals surface area contributed by atoms with Crippen molar-refractivity contribution < 1.29 is 4.79 Å². The molecule has 1 aliphatic heterocycles. The van der Waals surface area contributed by atoms with E-state index in [1.807, 2.05) is 23.1 Å². The summed E-state index contributed by atoms with van der Waals surface area (Å²) in [6.45, 7) is 9.15. The molecule has 1 heterocycles. The molecule has 0 aromatic heterocycles. The van der Waals surface area contributed by atoms with Crippen molar-refractivity contribution in [3.8, 4) is 0 Å². The number of hydrogen-bond donors (Lipinski definition) is 0. The minimum atomic E-state index is -0.275. The Balaban J connectivity index is 2.23. The molecule has 0 N–H and O–H groups in total. The first-order valence-corrected chi connectivity index (χ1v) is 7.64. The van der Waals surface area contributed by atoms with Gasteiger partial charge in [0.2, 0.25) is 5.91 Å². The highest BCUT2D eigenvalue weighted by Crippen LogP contribution is 2.49. The van der Waals surface area contributed by atoms with Gasteiger partial charge in [0.15, 0.2) is 0 Å². The Hall–Kier alpha value is -0.830. The van der Waals surface area contributed by atoms with Crippen molar-refractivity contribution >= 4 is 21.8 Å². The molecule has 2 unspecified atom stereocenters. The summed E-state index contributed by atoms with van der Waals surface area (Å²) >= 11 is 3.82. The standard InChI is InChI=1S/C16H22BrNO/c1-5-16(4,17)13-15(2,3)14(19)18(13)11-12-9-7-6-8-10-12/h6-10,13H,5,11H2,1-4H3. The van der Waals surface area contributed by atoms with Crippen LogP contribution in [0.2, 0.25) is 0 Å². The van der Waals surface area contributed by atoms with Crippen LogP contribution in [0.4, 0.5) is 0 Å². The van der Waals surface area contributed by atoms with Crippen LogP contribution in [0.25, 0.3) is 0 Å². The highest BCUT2D eigenvalue weighted by molar-refractivity contribution is 9.10. The predicted octanol–water partition coefficient (Wildman–Crippen LogP) is 3.99. The van der Waals surface area contributed by atoms with E-state index in [-0.39, 0.29) is 21.7 Å². The second-order valence-corrected chi connectivity index (χ2v) is 7.99. The zero-order valence-corrected chi connectivity index (χ0v) is 13.7. The maximum absolute atomic E-state index is 12.4. The third-order valence-corrected chi connectivity index (χ3v) is 5.26. The lowest BCUT2D eigenvalue weighted by Gasteiger charge is -2.58.